The van der Waals surface area contributed by atoms with E-state index in [1.165, 1.54) is 31.4 Å². The minimum absolute atomic E-state index is 0.0666. The predicted octanol–water partition coefficient (Wildman–Crippen LogP) is 3.90. The van der Waals surface area contributed by atoms with Gasteiger partial charge in [0.25, 0.3) is 10.1 Å². The Morgan fingerprint density at radius 3 is 1.73 bits per heavy atom. The second kappa shape index (κ2) is 6.69. The lowest BCUT2D eigenvalue weighted by molar-refractivity contribution is -0.00199. The monoisotopic (exact) mass is 327 g/mol. The Morgan fingerprint density at radius 2 is 1.41 bits per heavy atom. The first-order chi connectivity index (χ1) is 9.86. The lowest BCUT2D eigenvalue weighted by atomic mass is 9.80. The van der Waals surface area contributed by atoms with Crippen molar-refractivity contribution in [3.63, 3.8) is 0 Å². The zero-order valence-electron chi connectivity index (χ0n) is 14.5. The maximum Gasteiger partial charge on any atom is 0.294 e. The molecule has 1 fully saturated rings. The van der Waals surface area contributed by atoms with Gasteiger partial charge in [-0.2, -0.15) is 8.42 Å². The number of hydrogen-bond acceptors (Lipinski definition) is 3. The van der Waals surface area contributed by atoms with Crippen molar-refractivity contribution in [2.24, 2.45) is 0 Å². The van der Waals surface area contributed by atoms with Gasteiger partial charge in [-0.25, -0.2) is 0 Å². The van der Waals surface area contributed by atoms with Gasteiger partial charge in [0, 0.05) is 11.1 Å². The molecule has 0 saturated carbocycles. The summed E-state index contributed by atoms with van der Waals surface area (Å²) in [6, 6.07) is 5.99. The van der Waals surface area contributed by atoms with Crippen molar-refractivity contribution in [1.82, 2.24) is 4.90 Å². The minimum atomic E-state index is -4.02. The fraction of sp³-hybridized carbons (Fsp3) is 0.647. The van der Waals surface area contributed by atoms with Gasteiger partial charge in [-0.1, -0.05) is 17.7 Å². The van der Waals surface area contributed by atoms with Crippen LogP contribution in [0.1, 0.15) is 52.5 Å². The van der Waals surface area contributed by atoms with E-state index in [4.69, 9.17) is 4.55 Å². The van der Waals surface area contributed by atoms with Crippen molar-refractivity contribution in [1.29, 1.82) is 0 Å². The van der Waals surface area contributed by atoms with E-state index in [-0.39, 0.29) is 4.90 Å². The summed E-state index contributed by atoms with van der Waals surface area (Å²) in [4.78, 5) is 2.45. The van der Waals surface area contributed by atoms with Gasteiger partial charge in [-0.15, -0.1) is 0 Å². The molecule has 0 spiro atoms. The molecule has 22 heavy (non-hydrogen) atoms. The first-order valence-corrected chi connectivity index (χ1v) is 9.08. The highest BCUT2D eigenvalue weighted by atomic mass is 32.2. The van der Waals surface area contributed by atoms with E-state index >= 15 is 0 Å². The van der Waals surface area contributed by atoms with E-state index in [0.717, 1.165) is 5.56 Å². The third-order valence-electron chi connectivity index (χ3n) is 4.71. The van der Waals surface area contributed by atoms with Gasteiger partial charge in [0.1, 0.15) is 0 Å². The SMILES string of the molecule is CN1C(C)(C)CCCC1(C)C.Cc1ccc(S(=O)(=O)O)cc1. The molecule has 4 nitrogen and oxygen atoms in total. The molecule has 0 aliphatic carbocycles. The summed E-state index contributed by atoms with van der Waals surface area (Å²) in [6.07, 6.45) is 4.06. The maximum absolute atomic E-state index is 10.5. The van der Waals surface area contributed by atoms with Crippen molar-refractivity contribution in [3.05, 3.63) is 29.8 Å². The van der Waals surface area contributed by atoms with Crippen LogP contribution in [-0.2, 0) is 10.1 Å². The molecule has 1 saturated heterocycles. The van der Waals surface area contributed by atoms with Crippen molar-refractivity contribution in [3.8, 4) is 0 Å². The Labute approximate surface area is 135 Å². The predicted molar refractivity (Wildman–Crippen MR) is 90.8 cm³/mol. The first-order valence-electron chi connectivity index (χ1n) is 7.64. The Morgan fingerprint density at radius 1 is 1.00 bits per heavy atom. The number of hydrogen-bond donors (Lipinski definition) is 1. The standard InChI is InChI=1S/C10H21N.C7H8O3S/c1-9(2)7-6-8-10(3,4)11(9)5;1-6-2-4-7(5-3-6)11(8,9)10/h6-8H2,1-5H3;2-5H,1H3,(H,8,9,10). The van der Waals surface area contributed by atoms with Crippen molar-refractivity contribution in [2.45, 2.75) is 69.9 Å². The van der Waals surface area contributed by atoms with E-state index in [2.05, 4.69) is 39.6 Å². The summed E-state index contributed by atoms with van der Waals surface area (Å²) >= 11 is 0. The maximum atomic E-state index is 10.5. The summed E-state index contributed by atoms with van der Waals surface area (Å²) in [7, 11) is -1.77. The Hall–Kier alpha value is -0.910. The third-order valence-corrected chi connectivity index (χ3v) is 5.58. The summed E-state index contributed by atoms with van der Waals surface area (Å²) < 4.78 is 29.6. The highest BCUT2D eigenvalue weighted by molar-refractivity contribution is 7.85. The molecular weight excluding hydrogens is 298 g/mol. The van der Waals surface area contributed by atoms with Crippen LogP contribution < -0.4 is 0 Å². The number of benzene rings is 1. The van der Waals surface area contributed by atoms with Crippen molar-refractivity contribution >= 4 is 10.1 Å². The van der Waals surface area contributed by atoms with E-state index < -0.39 is 10.1 Å². The van der Waals surface area contributed by atoms with Crippen LogP contribution >= 0.6 is 0 Å². The van der Waals surface area contributed by atoms with E-state index in [0.29, 0.717) is 11.1 Å². The fourth-order valence-corrected chi connectivity index (χ4v) is 3.30. The topological polar surface area (TPSA) is 57.6 Å². The smallest absolute Gasteiger partial charge is 0.294 e. The van der Waals surface area contributed by atoms with Gasteiger partial charge in [0.15, 0.2) is 0 Å². The summed E-state index contributed by atoms with van der Waals surface area (Å²) in [5, 5.41) is 0. The number of aryl methyl sites for hydroxylation is 1. The molecule has 1 heterocycles. The second-order valence-electron chi connectivity index (χ2n) is 7.33. The number of piperidine rings is 1. The average molecular weight is 327 g/mol. The lowest BCUT2D eigenvalue weighted by Gasteiger charge is -2.50. The van der Waals surface area contributed by atoms with Gasteiger partial charge in [0.05, 0.1) is 4.90 Å². The van der Waals surface area contributed by atoms with Gasteiger partial charge in [-0.3, -0.25) is 9.45 Å². The molecule has 2 rings (SSSR count). The molecule has 0 atom stereocenters. The van der Waals surface area contributed by atoms with Crippen molar-refractivity contribution < 1.29 is 13.0 Å². The zero-order chi connectivity index (χ0) is 17.2. The highest BCUT2D eigenvalue weighted by Crippen LogP contribution is 2.36. The summed E-state index contributed by atoms with van der Waals surface area (Å²) in [6.45, 7) is 11.2. The molecule has 5 heteroatoms. The Kier molecular flexibility index (Phi) is 5.82. The molecular formula is C17H29NO3S. The second-order valence-corrected chi connectivity index (χ2v) is 8.75. The zero-order valence-corrected chi connectivity index (χ0v) is 15.4. The molecule has 1 N–H and O–H groups in total. The fourth-order valence-electron chi connectivity index (χ4n) is 2.82. The molecule has 0 unspecified atom stereocenters. The molecule has 0 radical (unpaired) electrons. The summed E-state index contributed by atoms with van der Waals surface area (Å²) in [5.41, 5.74) is 1.76. The van der Waals surface area contributed by atoms with E-state index in [1.807, 2.05) is 6.92 Å². The van der Waals surface area contributed by atoms with Gasteiger partial charge >= 0.3 is 0 Å². The lowest BCUT2D eigenvalue weighted by Crippen LogP contribution is -2.56. The van der Waals surface area contributed by atoms with Gasteiger partial charge in [-0.05, 0) is 73.1 Å². The van der Waals surface area contributed by atoms with Crippen LogP contribution in [0.5, 0.6) is 0 Å². The van der Waals surface area contributed by atoms with Gasteiger partial charge in [0.2, 0.25) is 0 Å². The molecule has 1 aromatic carbocycles. The Bertz CT molecular complexity index is 573. The van der Waals surface area contributed by atoms with Crippen LogP contribution in [0.25, 0.3) is 0 Å². The molecule has 0 aromatic heterocycles. The number of nitrogens with zero attached hydrogens (tertiary/aromatic N) is 1. The van der Waals surface area contributed by atoms with Crippen LogP contribution in [0.4, 0.5) is 0 Å². The molecule has 0 amide bonds. The van der Waals surface area contributed by atoms with Crippen LogP contribution in [-0.4, -0.2) is 36.0 Å². The van der Waals surface area contributed by atoms with Crippen LogP contribution in [0.2, 0.25) is 0 Å². The molecule has 0 bridgehead atoms. The number of rotatable bonds is 1. The van der Waals surface area contributed by atoms with Crippen LogP contribution in [0, 0.1) is 6.92 Å². The Balaban J connectivity index is 0.000000220. The minimum Gasteiger partial charge on any atom is -0.296 e. The molecule has 1 aliphatic heterocycles. The molecule has 126 valence electrons. The average Bonchev–Trinajstić information content (AvgIpc) is 2.36. The molecule has 1 aromatic rings. The number of likely N-dealkylation sites (tertiary alicyclic amines) is 1. The van der Waals surface area contributed by atoms with Gasteiger partial charge < -0.3 is 0 Å². The van der Waals surface area contributed by atoms with E-state index in [9.17, 15) is 8.42 Å². The van der Waals surface area contributed by atoms with E-state index in [1.54, 1.807) is 12.1 Å². The highest BCUT2D eigenvalue weighted by Gasteiger charge is 2.38. The van der Waals surface area contributed by atoms with Crippen molar-refractivity contribution in [2.75, 3.05) is 7.05 Å². The molecule has 1 aliphatic rings. The summed E-state index contributed by atoms with van der Waals surface area (Å²) in [5.74, 6) is 0. The quantitative estimate of drug-likeness (QED) is 0.795. The third kappa shape index (κ3) is 5.07. The largest absolute Gasteiger partial charge is 0.296 e. The van der Waals surface area contributed by atoms with Crippen LogP contribution in [0.15, 0.2) is 29.2 Å². The first kappa shape index (κ1) is 19.1. The van der Waals surface area contributed by atoms with Crippen LogP contribution in [0.3, 0.4) is 0 Å². The normalized spacial score (nSPS) is 20.9.